The van der Waals surface area contributed by atoms with Crippen molar-refractivity contribution in [2.75, 3.05) is 0 Å². The number of benzene rings is 1. The summed E-state index contributed by atoms with van der Waals surface area (Å²) in [4.78, 5) is 11.1. The second-order valence-electron chi connectivity index (χ2n) is 3.18. The fraction of sp³-hybridized carbons (Fsp3) is 0.273. The molecule has 0 aliphatic rings. The maximum atomic E-state index is 12.9. The Morgan fingerprint density at radius 2 is 2.21 bits per heavy atom. The van der Waals surface area contributed by atoms with E-state index in [1.807, 2.05) is 6.07 Å². The Morgan fingerprint density at radius 3 is 2.71 bits per heavy atom. The standard InChI is InChI=1S/C11H10FNO/c1-7(8(2)14)11-5-10(12)4-3-9(11)6-13/h3-5,7H,1-2H3. The molecular formula is C11H10FNO. The summed E-state index contributed by atoms with van der Waals surface area (Å²) < 4.78 is 12.9. The van der Waals surface area contributed by atoms with Gasteiger partial charge in [-0.15, -0.1) is 0 Å². The van der Waals surface area contributed by atoms with E-state index in [1.165, 1.54) is 25.1 Å². The lowest BCUT2D eigenvalue weighted by atomic mass is 9.93. The number of hydrogen-bond donors (Lipinski definition) is 0. The van der Waals surface area contributed by atoms with Crippen molar-refractivity contribution >= 4 is 5.78 Å². The van der Waals surface area contributed by atoms with Crippen molar-refractivity contribution in [2.24, 2.45) is 0 Å². The molecule has 1 aromatic rings. The van der Waals surface area contributed by atoms with E-state index in [0.717, 1.165) is 0 Å². The number of carbonyl (C=O) groups excluding carboxylic acids is 1. The summed E-state index contributed by atoms with van der Waals surface area (Å²) in [6, 6.07) is 5.79. The van der Waals surface area contributed by atoms with E-state index in [0.29, 0.717) is 11.1 Å². The van der Waals surface area contributed by atoms with Crippen molar-refractivity contribution in [1.82, 2.24) is 0 Å². The van der Waals surface area contributed by atoms with Gasteiger partial charge in [-0.2, -0.15) is 5.26 Å². The molecule has 72 valence electrons. The van der Waals surface area contributed by atoms with E-state index in [2.05, 4.69) is 0 Å². The van der Waals surface area contributed by atoms with Crippen molar-refractivity contribution in [1.29, 1.82) is 5.26 Å². The molecule has 0 aromatic heterocycles. The zero-order valence-corrected chi connectivity index (χ0v) is 8.04. The first-order valence-electron chi connectivity index (χ1n) is 4.26. The molecule has 0 saturated heterocycles. The van der Waals surface area contributed by atoms with Crippen LogP contribution >= 0.6 is 0 Å². The molecule has 3 heteroatoms. The van der Waals surface area contributed by atoms with E-state index in [9.17, 15) is 9.18 Å². The molecule has 0 N–H and O–H groups in total. The summed E-state index contributed by atoms with van der Waals surface area (Å²) in [6.07, 6.45) is 0. The van der Waals surface area contributed by atoms with E-state index in [1.54, 1.807) is 6.92 Å². The number of rotatable bonds is 2. The Kier molecular flexibility index (Phi) is 2.98. The number of halogens is 1. The molecule has 0 heterocycles. The van der Waals surface area contributed by atoms with Crippen LogP contribution in [-0.2, 0) is 4.79 Å². The molecule has 0 aliphatic heterocycles. The molecule has 0 aliphatic carbocycles. The first-order chi connectivity index (χ1) is 6.56. The summed E-state index contributed by atoms with van der Waals surface area (Å²) in [7, 11) is 0. The molecule has 1 aromatic carbocycles. The third kappa shape index (κ3) is 1.97. The molecule has 14 heavy (non-hydrogen) atoms. The molecule has 0 fully saturated rings. The molecule has 2 nitrogen and oxygen atoms in total. The minimum absolute atomic E-state index is 0.0768. The Hall–Kier alpha value is -1.69. The van der Waals surface area contributed by atoms with Gasteiger partial charge in [0.2, 0.25) is 0 Å². The van der Waals surface area contributed by atoms with Gasteiger partial charge in [-0.1, -0.05) is 6.92 Å². The van der Waals surface area contributed by atoms with Crippen LogP contribution in [0.15, 0.2) is 18.2 Å². The van der Waals surface area contributed by atoms with Crippen LogP contribution in [0.4, 0.5) is 4.39 Å². The smallest absolute Gasteiger partial charge is 0.137 e. The van der Waals surface area contributed by atoms with Crippen molar-refractivity contribution < 1.29 is 9.18 Å². The predicted molar refractivity (Wildman–Crippen MR) is 50.2 cm³/mol. The molecule has 0 bridgehead atoms. The maximum Gasteiger partial charge on any atom is 0.137 e. The van der Waals surface area contributed by atoms with Gasteiger partial charge in [0, 0.05) is 5.92 Å². The van der Waals surface area contributed by atoms with Gasteiger partial charge in [-0.25, -0.2) is 4.39 Å². The monoisotopic (exact) mass is 191 g/mol. The van der Waals surface area contributed by atoms with Crippen molar-refractivity contribution in [3.05, 3.63) is 35.1 Å². The quantitative estimate of drug-likeness (QED) is 0.720. The minimum atomic E-state index is -0.430. The van der Waals surface area contributed by atoms with Crippen LogP contribution in [0.25, 0.3) is 0 Å². The number of nitriles is 1. The number of nitrogens with zero attached hydrogens (tertiary/aromatic N) is 1. The SMILES string of the molecule is CC(=O)C(C)c1cc(F)ccc1C#N. The summed E-state index contributed by atoms with van der Waals surface area (Å²) in [5.74, 6) is -0.931. The number of ketones is 1. The Bertz CT molecular complexity index is 406. The van der Waals surface area contributed by atoms with Crippen LogP contribution < -0.4 is 0 Å². The highest BCUT2D eigenvalue weighted by Crippen LogP contribution is 2.21. The minimum Gasteiger partial charge on any atom is -0.299 e. The van der Waals surface area contributed by atoms with Crippen LogP contribution in [0.3, 0.4) is 0 Å². The second kappa shape index (κ2) is 4.01. The molecule has 0 amide bonds. The zero-order chi connectivity index (χ0) is 10.7. The number of carbonyl (C=O) groups is 1. The van der Waals surface area contributed by atoms with Crippen molar-refractivity contribution in [3.8, 4) is 6.07 Å². The number of Topliss-reactive ketones (excluding diaryl/α,β-unsaturated/α-hetero) is 1. The van der Waals surface area contributed by atoms with Gasteiger partial charge >= 0.3 is 0 Å². The van der Waals surface area contributed by atoms with Crippen LogP contribution in [-0.4, -0.2) is 5.78 Å². The Balaban J connectivity index is 3.25. The van der Waals surface area contributed by atoms with Gasteiger partial charge in [-0.3, -0.25) is 4.79 Å². The van der Waals surface area contributed by atoms with Crippen LogP contribution in [0, 0.1) is 17.1 Å². The van der Waals surface area contributed by atoms with Crippen LogP contribution in [0.2, 0.25) is 0 Å². The van der Waals surface area contributed by atoms with Gasteiger partial charge in [0.15, 0.2) is 0 Å². The molecule has 0 spiro atoms. The fourth-order valence-electron chi connectivity index (χ4n) is 1.21. The van der Waals surface area contributed by atoms with Crippen molar-refractivity contribution in [2.45, 2.75) is 19.8 Å². The largest absolute Gasteiger partial charge is 0.299 e. The third-order valence-electron chi connectivity index (χ3n) is 2.21. The van der Waals surface area contributed by atoms with E-state index in [4.69, 9.17) is 5.26 Å². The summed E-state index contributed by atoms with van der Waals surface area (Å²) in [6.45, 7) is 3.09. The highest BCUT2D eigenvalue weighted by Gasteiger charge is 2.15. The highest BCUT2D eigenvalue weighted by atomic mass is 19.1. The van der Waals surface area contributed by atoms with Gasteiger partial charge < -0.3 is 0 Å². The van der Waals surface area contributed by atoms with Crippen molar-refractivity contribution in [3.63, 3.8) is 0 Å². The highest BCUT2D eigenvalue weighted by molar-refractivity contribution is 5.83. The zero-order valence-electron chi connectivity index (χ0n) is 8.04. The molecule has 0 saturated carbocycles. The van der Waals surface area contributed by atoms with Gasteiger partial charge in [0.25, 0.3) is 0 Å². The van der Waals surface area contributed by atoms with Crippen LogP contribution in [0.1, 0.15) is 30.9 Å². The Morgan fingerprint density at radius 1 is 1.57 bits per heavy atom. The normalized spacial score (nSPS) is 11.9. The Labute approximate surface area is 82.0 Å². The second-order valence-corrected chi connectivity index (χ2v) is 3.18. The summed E-state index contributed by atoms with van der Waals surface area (Å²) in [5, 5.41) is 8.76. The molecule has 1 unspecified atom stereocenters. The topological polar surface area (TPSA) is 40.9 Å². The lowest BCUT2D eigenvalue weighted by molar-refractivity contribution is -0.118. The fourth-order valence-corrected chi connectivity index (χ4v) is 1.21. The molecule has 0 radical (unpaired) electrons. The van der Waals surface area contributed by atoms with Crippen LogP contribution in [0.5, 0.6) is 0 Å². The van der Waals surface area contributed by atoms with Gasteiger partial charge in [-0.05, 0) is 30.7 Å². The first-order valence-corrected chi connectivity index (χ1v) is 4.26. The lowest BCUT2D eigenvalue weighted by Crippen LogP contribution is -2.06. The summed E-state index contributed by atoms with van der Waals surface area (Å²) in [5.41, 5.74) is 0.814. The maximum absolute atomic E-state index is 12.9. The molecule has 1 rings (SSSR count). The lowest BCUT2D eigenvalue weighted by Gasteiger charge is -2.09. The first kappa shape index (κ1) is 10.4. The van der Waals surface area contributed by atoms with Gasteiger partial charge in [0.05, 0.1) is 11.6 Å². The number of hydrogen-bond acceptors (Lipinski definition) is 2. The average Bonchev–Trinajstić information content (AvgIpc) is 2.16. The van der Waals surface area contributed by atoms with E-state index < -0.39 is 11.7 Å². The average molecular weight is 191 g/mol. The molecule has 1 atom stereocenters. The predicted octanol–water partition coefficient (Wildman–Crippen LogP) is 2.39. The molecular weight excluding hydrogens is 181 g/mol. The third-order valence-corrected chi connectivity index (χ3v) is 2.21. The van der Waals surface area contributed by atoms with E-state index >= 15 is 0 Å². The summed E-state index contributed by atoms with van der Waals surface area (Å²) >= 11 is 0. The van der Waals surface area contributed by atoms with E-state index in [-0.39, 0.29) is 5.78 Å². The van der Waals surface area contributed by atoms with Gasteiger partial charge in [0.1, 0.15) is 11.6 Å².